The second-order valence-corrected chi connectivity index (χ2v) is 7.04. The molecular formula is C14H14ClN5O3S. The molecule has 3 aromatic rings. The Bertz CT molecular complexity index is 1030. The average Bonchev–Trinajstić information content (AvgIpc) is 2.96. The van der Waals surface area contributed by atoms with Crippen molar-refractivity contribution in [3.63, 3.8) is 0 Å². The molecule has 0 unspecified atom stereocenters. The molecule has 3 rings (SSSR count). The number of sulfonamides is 1. The number of halogens is 1. The lowest BCUT2D eigenvalue weighted by atomic mass is 10.2. The fraction of sp³-hybridized carbons (Fsp3) is 0.214. The van der Waals surface area contributed by atoms with E-state index in [1.807, 2.05) is 0 Å². The maximum atomic E-state index is 12.6. The highest BCUT2D eigenvalue weighted by Crippen LogP contribution is 2.36. The molecule has 0 aliphatic carbocycles. The van der Waals surface area contributed by atoms with Crippen molar-refractivity contribution in [2.24, 2.45) is 0 Å². The Hall–Kier alpha value is -2.39. The van der Waals surface area contributed by atoms with E-state index in [0.29, 0.717) is 17.0 Å². The fourth-order valence-electron chi connectivity index (χ4n) is 2.07. The van der Waals surface area contributed by atoms with Gasteiger partial charge in [-0.25, -0.2) is 9.50 Å². The van der Waals surface area contributed by atoms with Gasteiger partial charge >= 0.3 is 0 Å². The Labute approximate surface area is 143 Å². The third kappa shape index (κ3) is 2.87. The average molecular weight is 368 g/mol. The Morgan fingerprint density at radius 2 is 1.96 bits per heavy atom. The monoisotopic (exact) mass is 367 g/mol. The Balaban J connectivity index is 2.06. The van der Waals surface area contributed by atoms with Crippen LogP contribution in [0.1, 0.15) is 11.3 Å². The topological polar surface area (TPSA) is 98.5 Å². The van der Waals surface area contributed by atoms with Crippen LogP contribution in [0.3, 0.4) is 0 Å². The molecule has 0 fully saturated rings. The minimum absolute atomic E-state index is 0.141. The summed E-state index contributed by atoms with van der Waals surface area (Å²) in [6, 6.07) is 5.06. The highest BCUT2D eigenvalue weighted by Gasteiger charge is 2.24. The minimum Gasteiger partial charge on any atom is -0.495 e. The molecule has 0 radical (unpaired) electrons. The van der Waals surface area contributed by atoms with Gasteiger partial charge in [-0.1, -0.05) is 17.7 Å². The van der Waals surface area contributed by atoms with Gasteiger partial charge in [0.2, 0.25) is 0 Å². The minimum atomic E-state index is -4.06. The van der Waals surface area contributed by atoms with Crippen LogP contribution < -0.4 is 9.46 Å². The van der Waals surface area contributed by atoms with E-state index < -0.39 is 15.2 Å². The van der Waals surface area contributed by atoms with E-state index in [-0.39, 0.29) is 16.5 Å². The van der Waals surface area contributed by atoms with Crippen LogP contribution in [0.2, 0.25) is 5.02 Å². The molecule has 0 saturated carbocycles. The third-order valence-electron chi connectivity index (χ3n) is 3.32. The van der Waals surface area contributed by atoms with Crippen molar-refractivity contribution >= 4 is 33.1 Å². The first-order chi connectivity index (χ1) is 11.3. The number of hydrogen-bond acceptors (Lipinski definition) is 6. The molecule has 0 bridgehead atoms. The van der Waals surface area contributed by atoms with Crippen molar-refractivity contribution < 1.29 is 13.2 Å². The second kappa shape index (κ2) is 5.91. The quantitative estimate of drug-likeness (QED) is 0.759. The van der Waals surface area contributed by atoms with Crippen LogP contribution >= 0.6 is 11.6 Å². The SMILES string of the molecule is COc1ccc(C)c(Cl)c1NS(=O)(=O)c1nc2nc(C)ccn2n1. The highest BCUT2D eigenvalue weighted by atomic mass is 35.5. The van der Waals surface area contributed by atoms with E-state index in [9.17, 15) is 8.42 Å². The molecule has 24 heavy (non-hydrogen) atoms. The number of aryl methyl sites for hydroxylation is 2. The summed E-state index contributed by atoms with van der Waals surface area (Å²) < 4.78 is 34.0. The molecule has 10 heteroatoms. The molecule has 0 saturated heterocycles. The smallest absolute Gasteiger partial charge is 0.299 e. The van der Waals surface area contributed by atoms with Crippen molar-refractivity contribution in [1.29, 1.82) is 0 Å². The number of benzene rings is 1. The molecule has 1 N–H and O–H groups in total. The van der Waals surface area contributed by atoms with Crippen molar-refractivity contribution in [1.82, 2.24) is 19.6 Å². The number of aromatic nitrogens is 4. The van der Waals surface area contributed by atoms with Gasteiger partial charge in [-0.3, -0.25) is 4.72 Å². The van der Waals surface area contributed by atoms with Crippen molar-refractivity contribution in [2.75, 3.05) is 11.8 Å². The van der Waals surface area contributed by atoms with Gasteiger partial charge in [-0.15, -0.1) is 5.10 Å². The highest BCUT2D eigenvalue weighted by molar-refractivity contribution is 7.92. The molecule has 2 heterocycles. The molecule has 0 aliphatic heterocycles. The Morgan fingerprint density at radius 1 is 1.21 bits per heavy atom. The van der Waals surface area contributed by atoms with Crippen LogP contribution in [-0.4, -0.2) is 35.1 Å². The van der Waals surface area contributed by atoms with Crippen LogP contribution in [0.15, 0.2) is 29.6 Å². The first-order valence-corrected chi connectivity index (χ1v) is 8.74. The van der Waals surface area contributed by atoms with Crippen LogP contribution in [0, 0.1) is 13.8 Å². The zero-order chi connectivity index (χ0) is 17.5. The third-order valence-corrected chi connectivity index (χ3v) is 4.93. The Morgan fingerprint density at radius 3 is 2.67 bits per heavy atom. The summed E-state index contributed by atoms with van der Waals surface area (Å²) in [4.78, 5) is 8.08. The number of methoxy groups -OCH3 is 1. The number of nitrogens with one attached hydrogen (secondary N) is 1. The number of nitrogens with zero attached hydrogens (tertiary/aromatic N) is 4. The zero-order valence-electron chi connectivity index (χ0n) is 13.1. The summed E-state index contributed by atoms with van der Waals surface area (Å²) in [5.41, 5.74) is 1.55. The van der Waals surface area contributed by atoms with Gasteiger partial charge in [0, 0.05) is 11.9 Å². The number of anilines is 1. The number of hydrogen-bond donors (Lipinski definition) is 1. The maximum Gasteiger partial charge on any atom is 0.299 e. The normalized spacial score (nSPS) is 11.7. The summed E-state index contributed by atoms with van der Waals surface area (Å²) in [6.45, 7) is 3.54. The lowest BCUT2D eigenvalue weighted by Crippen LogP contribution is -2.16. The van der Waals surface area contributed by atoms with E-state index in [4.69, 9.17) is 16.3 Å². The molecular weight excluding hydrogens is 354 g/mol. The molecule has 2 aromatic heterocycles. The number of rotatable bonds is 4. The van der Waals surface area contributed by atoms with Gasteiger partial charge in [0.25, 0.3) is 21.0 Å². The van der Waals surface area contributed by atoms with Gasteiger partial charge in [-0.05, 0) is 31.5 Å². The largest absolute Gasteiger partial charge is 0.495 e. The van der Waals surface area contributed by atoms with E-state index in [1.165, 1.54) is 11.6 Å². The first-order valence-electron chi connectivity index (χ1n) is 6.88. The first kappa shape index (κ1) is 16.5. The van der Waals surface area contributed by atoms with E-state index in [2.05, 4.69) is 19.8 Å². The molecule has 0 atom stereocenters. The fourth-order valence-corrected chi connectivity index (χ4v) is 3.29. The standard InChI is InChI=1S/C14H14ClN5O3S/c1-8-4-5-10(23-3)12(11(8)15)19-24(21,22)14-17-13-16-9(2)6-7-20(13)18-14/h4-7,19H,1-3H3. The summed E-state index contributed by atoms with van der Waals surface area (Å²) in [6.07, 6.45) is 1.59. The summed E-state index contributed by atoms with van der Waals surface area (Å²) in [5, 5.41) is 3.78. The van der Waals surface area contributed by atoms with Crippen LogP contribution in [0.25, 0.3) is 5.78 Å². The summed E-state index contributed by atoms with van der Waals surface area (Å²) in [7, 11) is -2.63. The predicted molar refractivity (Wildman–Crippen MR) is 89.1 cm³/mol. The van der Waals surface area contributed by atoms with E-state index >= 15 is 0 Å². The lowest BCUT2D eigenvalue weighted by Gasteiger charge is -2.13. The Kier molecular flexibility index (Phi) is 4.06. The molecule has 0 spiro atoms. The van der Waals surface area contributed by atoms with Gasteiger partial charge in [0.1, 0.15) is 11.4 Å². The van der Waals surface area contributed by atoms with Crippen LogP contribution in [0.5, 0.6) is 5.75 Å². The van der Waals surface area contributed by atoms with Gasteiger partial charge < -0.3 is 4.74 Å². The molecule has 8 nitrogen and oxygen atoms in total. The van der Waals surface area contributed by atoms with Crippen LogP contribution in [0.4, 0.5) is 5.69 Å². The maximum absolute atomic E-state index is 12.6. The molecule has 0 amide bonds. The molecule has 0 aliphatic rings. The van der Waals surface area contributed by atoms with Crippen LogP contribution in [-0.2, 0) is 10.0 Å². The van der Waals surface area contributed by atoms with Gasteiger partial charge in [0.15, 0.2) is 0 Å². The van der Waals surface area contributed by atoms with E-state index in [0.717, 1.165) is 0 Å². The van der Waals surface area contributed by atoms with Crippen molar-refractivity contribution in [3.8, 4) is 5.75 Å². The molecule has 1 aromatic carbocycles. The number of fused-ring (bicyclic) bond motifs is 1. The summed E-state index contributed by atoms with van der Waals surface area (Å²) in [5.74, 6) is 0.490. The van der Waals surface area contributed by atoms with Gasteiger partial charge in [0.05, 0.1) is 12.1 Å². The summed E-state index contributed by atoms with van der Waals surface area (Å²) >= 11 is 6.20. The van der Waals surface area contributed by atoms with Gasteiger partial charge in [-0.2, -0.15) is 13.4 Å². The number of ether oxygens (including phenoxy) is 1. The molecule has 126 valence electrons. The second-order valence-electron chi connectivity index (χ2n) is 5.09. The van der Waals surface area contributed by atoms with Crippen molar-refractivity contribution in [2.45, 2.75) is 19.0 Å². The zero-order valence-corrected chi connectivity index (χ0v) is 14.7. The lowest BCUT2D eigenvalue weighted by molar-refractivity contribution is 0.417. The predicted octanol–water partition coefficient (Wildman–Crippen LogP) is 2.20. The van der Waals surface area contributed by atoms with E-state index in [1.54, 1.807) is 38.2 Å². The van der Waals surface area contributed by atoms with Crippen molar-refractivity contribution in [3.05, 3.63) is 40.7 Å².